The zero-order valence-electron chi connectivity index (χ0n) is 6.34. The summed E-state index contributed by atoms with van der Waals surface area (Å²) in [5, 5.41) is 44.1. The summed E-state index contributed by atoms with van der Waals surface area (Å²) in [5.41, 5.74) is 0. The van der Waals surface area contributed by atoms with Crippen LogP contribution < -0.4 is 0 Å². The van der Waals surface area contributed by atoms with Crippen LogP contribution >= 0.6 is 11.6 Å². The van der Waals surface area contributed by atoms with Crippen molar-refractivity contribution in [2.45, 2.75) is 24.4 Å². The molecule has 5 nitrogen and oxygen atoms in total. The Bertz CT molecular complexity index is 109. The Kier molecular flexibility index (Phi) is 5.73. The van der Waals surface area contributed by atoms with Crippen LogP contribution in [-0.4, -0.2) is 62.4 Å². The van der Waals surface area contributed by atoms with Gasteiger partial charge >= 0.3 is 0 Å². The minimum absolute atomic E-state index is 0.254. The minimum Gasteiger partial charge on any atom is -0.394 e. The second-order valence-corrected chi connectivity index (χ2v) is 2.76. The Labute approximate surface area is 74.8 Å². The molecule has 0 heterocycles. The number of alkyl halides is 1. The summed E-state index contributed by atoms with van der Waals surface area (Å²) >= 11 is 5.17. The summed E-state index contributed by atoms with van der Waals surface area (Å²) in [6.45, 7) is -0.687. The molecule has 0 fully saturated rings. The summed E-state index contributed by atoms with van der Waals surface area (Å²) in [6, 6.07) is 0. The topological polar surface area (TPSA) is 101 Å². The normalized spacial score (nSPS) is 21.5. The molecule has 0 spiro atoms. The molecule has 4 atom stereocenters. The van der Waals surface area contributed by atoms with Crippen LogP contribution in [0.1, 0.15) is 0 Å². The third kappa shape index (κ3) is 3.22. The van der Waals surface area contributed by atoms with Gasteiger partial charge in [-0.15, -0.1) is 11.6 Å². The van der Waals surface area contributed by atoms with Gasteiger partial charge in [0.25, 0.3) is 0 Å². The van der Waals surface area contributed by atoms with Crippen LogP contribution in [0.25, 0.3) is 0 Å². The van der Waals surface area contributed by atoms with Crippen molar-refractivity contribution >= 4 is 11.6 Å². The second-order valence-electron chi connectivity index (χ2n) is 2.45. The highest BCUT2D eigenvalue weighted by Crippen LogP contribution is 2.05. The second kappa shape index (κ2) is 5.69. The number of aliphatic hydroxyl groups excluding tert-OH is 5. The molecule has 0 rings (SSSR count). The molecule has 0 bridgehead atoms. The van der Waals surface area contributed by atoms with Gasteiger partial charge < -0.3 is 25.5 Å². The van der Waals surface area contributed by atoms with Gasteiger partial charge in [-0.25, -0.2) is 0 Å². The summed E-state index contributed by atoms with van der Waals surface area (Å²) in [5.74, 6) is -0.254. The number of hydrogen-bond donors (Lipinski definition) is 5. The van der Waals surface area contributed by atoms with E-state index in [1.165, 1.54) is 0 Å². The highest BCUT2D eigenvalue weighted by molar-refractivity contribution is 6.18. The highest BCUT2D eigenvalue weighted by Gasteiger charge is 2.29. The first-order valence-corrected chi connectivity index (χ1v) is 3.97. The van der Waals surface area contributed by atoms with Crippen molar-refractivity contribution in [2.75, 3.05) is 12.5 Å². The van der Waals surface area contributed by atoms with Gasteiger partial charge in [-0.05, 0) is 0 Å². The van der Waals surface area contributed by atoms with Crippen molar-refractivity contribution in [3.63, 3.8) is 0 Å². The van der Waals surface area contributed by atoms with Gasteiger partial charge in [-0.2, -0.15) is 0 Å². The van der Waals surface area contributed by atoms with E-state index in [4.69, 9.17) is 37.1 Å². The predicted octanol–water partition coefficient (Wildman–Crippen LogP) is -2.34. The Morgan fingerprint density at radius 2 is 1.33 bits per heavy atom. The lowest BCUT2D eigenvalue weighted by Crippen LogP contribution is -2.46. The van der Waals surface area contributed by atoms with Crippen molar-refractivity contribution in [1.82, 2.24) is 0 Å². The van der Waals surface area contributed by atoms with E-state index in [2.05, 4.69) is 0 Å². The fourth-order valence-corrected chi connectivity index (χ4v) is 0.837. The molecule has 5 N–H and O–H groups in total. The number of aliphatic hydroxyl groups is 5. The van der Waals surface area contributed by atoms with E-state index in [1.807, 2.05) is 0 Å². The lowest BCUT2D eigenvalue weighted by Gasteiger charge is -2.24. The molecule has 0 aliphatic rings. The maximum atomic E-state index is 9.03. The maximum Gasteiger partial charge on any atom is 0.111 e. The summed E-state index contributed by atoms with van der Waals surface area (Å²) in [7, 11) is 0. The molecule has 0 aliphatic carbocycles. The SMILES string of the molecule is OC[C@@H](O)[C@@H](O)[C@H](O)[C@H](O)CCl. The van der Waals surface area contributed by atoms with Gasteiger partial charge in [0.15, 0.2) is 0 Å². The predicted molar refractivity (Wildman–Crippen MR) is 41.8 cm³/mol. The van der Waals surface area contributed by atoms with E-state index in [9.17, 15) is 0 Å². The first-order valence-electron chi connectivity index (χ1n) is 3.43. The first-order chi connectivity index (χ1) is 5.54. The van der Waals surface area contributed by atoms with Crippen LogP contribution in [0.3, 0.4) is 0 Å². The van der Waals surface area contributed by atoms with Crippen molar-refractivity contribution in [3.05, 3.63) is 0 Å². The molecule has 0 saturated carbocycles. The molecular weight excluding hydrogens is 188 g/mol. The molecule has 12 heavy (non-hydrogen) atoms. The van der Waals surface area contributed by atoms with Crippen LogP contribution in [0.2, 0.25) is 0 Å². The van der Waals surface area contributed by atoms with E-state index >= 15 is 0 Å². The quantitative estimate of drug-likeness (QED) is 0.320. The van der Waals surface area contributed by atoms with E-state index in [1.54, 1.807) is 0 Å². The smallest absolute Gasteiger partial charge is 0.111 e. The molecule has 0 unspecified atom stereocenters. The lowest BCUT2D eigenvalue weighted by atomic mass is 10.0. The fourth-order valence-electron chi connectivity index (χ4n) is 0.654. The van der Waals surface area contributed by atoms with E-state index in [-0.39, 0.29) is 5.88 Å². The van der Waals surface area contributed by atoms with E-state index in [0.29, 0.717) is 0 Å². The first kappa shape index (κ1) is 12.1. The maximum absolute atomic E-state index is 9.03. The number of halogens is 1. The molecular formula is C6H13ClO5. The molecule has 0 radical (unpaired) electrons. The average molecular weight is 201 g/mol. The molecule has 0 saturated heterocycles. The third-order valence-electron chi connectivity index (χ3n) is 1.48. The van der Waals surface area contributed by atoms with Gasteiger partial charge in [0.2, 0.25) is 0 Å². The summed E-state index contributed by atoms with van der Waals surface area (Å²) < 4.78 is 0. The summed E-state index contributed by atoms with van der Waals surface area (Å²) in [4.78, 5) is 0. The number of rotatable bonds is 5. The lowest BCUT2D eigenvalue weighted by molar-refractivity contribution is -0.110. The molecule has 0 aromatic carbocycles. The molecule has 0 aromatic rings. The van der Waals surface area contributed by atoms with Crippen LogP contribution in [0.5, 0.6) is 0 Å². The zero-order chi connectivity index (χ0) is 9.72. The zero-order valence-corrected chi connectivity index (χ0v) is 7.09. The summed E-state index contributed by atoms with van der Waals surface area (Å²) in [6.07, 6.45) is -5.94. The molecule has 74 valence electrons. The van der Waals surface area contributed by atoms with E-state index < -0.39 is 31.0 Å². The fraction of sp³-hybridized carbons (Fsp3) is 1.00. The number of hydrogen-bond acceptors (Lipinski definition) is 5. The van der Waals surface area contributed by atoms with E-state index in [0.717, 1.165) is 0 Å². The van der Waals surface area contributed by atoms with Gasteiger partial charge in [-0.1, -0.05) is 0 Å². The van der Waals surface area contributed by atoms with Gasteiger partial charge in [0.1, 0.15) is 18.3 Å². The monoisotopic (exact) mass is 200 g/mol. The molecule has 0 aromatic heterocycles. The Hall–Kier alpha value is 0.0900. The van der Waals surface area contributed by atoms with Crippen LogP contribution in [0.4, 0.5) is 0 Å². The van der Waals surface area contributed by atoms with Gasteiger partial charge in [-0.3, -0.25) is 0 Å². The Morgan fingerprint density at radius 1 is 0.917 bits per heavy atom. The largest absolute Gasteiger partial charge is 0.394 e. The molecule has 6 heteroatoms. The molecule has 0 aliphatic heterocycles. The molecule has 0 amide bonds. The van der Waals surface area contributed by atoms with Crippen molar-refractivity contribution in [1.29, 1.82) is 0 Å². The van der Waals surface area contributed by atoms with Crippen LogP contribution in [-0.2, 0) is 0 Å². The minimum atomic E-state index is -1.59. The van der Waals surface area contributed by atoms with Crippen LogP contribution in [0.15, 0.2) is 0 Å². The van der Waals surface area contributed by atoms with Gasteiger partial charge in [0.05, 0.1) is 18.6 Å². The highest BCUT2D eigenvalue weighted by atomic mass is 35.5. The van der Waals surface area contributed by atoms with Crippen LogP contribution in [0, 0.1) is 0 Å². The Morgan fingerprint density at radius 3 is 1.67 bits per heavy atom. The average Bonchev–Trinajstić information content (AvgIpc) is 2.12. The van der Waals surface area contributed by atoms with Gasteiger partial charge in [0, 0.05) is 0 Å². The Balaban J connectivity index is 3.99. The standard InChI is InChI=1S/C6H13ClO5/c7-1-3(9)5(11)6(12)4(10)2-8/h3-6,8-12H,1-2H2/t3-,4-,5-,6-/m1/s1. The third-order valence-corrected chi connectivity index (χ3v) is 1.80. The van der Waals surface area contributed by atoms with Crippen molar-refractivity contribution < 1.29 is 25.5 Å². The van der Waals surface area contributed by atoms with Crippen molar-refractivity contribution in [2.24, 2.45) is 0 Å². The van der Waals surface area contributed by atoms with Crippen molar-refractivity contribution in [3.8, 4) is 0 Å².